The summed E-state index contributed by atoms with van der Waals surface area (Å²) in [5.74, 6) is 1.62. The number of hydrogen-bond acceptors (Lipinski definition) is 5. The van der Waals surface area contributed by atoms with Crippen LogP contribution in [-0.2, 0) is 11.8 Å². The molecule has 4 rings (SSSR count). The Morgan fingerprint density at radius 1 is 1.27 bits per heavy atom. The molecule has 0 saturated carbocycles. The molecule has 3 atom stereocenters. The normalized spacial score (nSPS) is 19.2. The lowest BCUT2D eigenvalue weighted by molar-refractivity contribution is -0.137. The summed E-state index contributed by atoms with van der Waals surface area (Å²) in [5.41, 5.74) is 1.41. The minimum atomic E-state index is -1.09. The largest absolute Gasteiger partial charge is 0.497 e. The Labute approximate surface area is 223 Å². The third kappa shape index (κ3) is 7.48. The highest BCUT2D eigenvalue weighted by atomic mass is 32.2. The zero-order valence-electron chi connectivity index (χ0n) is 21.8. The van der Waals surface area contributed by atoms with Crippen molar-refractivity contribution in [2.45, 2.75) is 49.7 Å². The molecular formula is C29H38FN3O3S. The SMILES string of the molecule is COc1ccc2nccc([C@@H](F)CCC3CCN(CCCSc4cccn4C)CC3CCC(=O)O)c2c1. The predicted octanol–water partition coefficient (Wildman–Crippen LogP) is 6.36. The van der Waals surface area contributed by atoms with E-state index < -0.39 is 12.1 Å². The quantitative estimate of drug-likeness (QED) is 0.206. The van der Waals surface area contributed by atoms with Gasteiger partial charge >= 0.3 is 5.97 Å². The predicted molar refractivity (Wildman–Crippen MR) is 147 cm³/mol. The fourth-order valence-electron chi connectivity index (χ4n) is 5.50. The summed E-state index contributed by atoms with van der Waals surface area (Å²) in [5, 5.41) is 11.4. The highest BCUT2D eigenvalue weighted by Crippen LogP contribution is 2.36. The second-order valence-corrected chi connectivity index (χ2v) is 11.1. The number of hydrogen-bond donors (Lipinski definition) is 1. The molecule has 0 aliphatic carbocycles. The molecular weight excluding hydrogens is 489 g/mol. The van der Waals surface area contributed by atoms with E-state index in [1.807, 2.05) is 30.0 Å². The summed E-state index contributed by atoms with van der Waals surface area (Å²) < 4.78 is 23.0. The number of methoxy groups -OCH3 is 1. The van der Waals surface area contributed by atoms with E-state index in [0.29, 0.717) is 30.1 Å². The van der Waals surface area contributed by atoms with Gasteiger partial charge in [-0.3, -0.25) is 9.78 Å². The molecule has 8 heteroatoms. The lowest BCUT2D eigenvalue weighted by Crippen LogP contribution is -2.41. The lowest BCUT2D eigenvalue weighted by Gasteiger charge is -2.39. The molecule has 1 saturated heterocycles. The van der Waals surface area contributed by atoms with Gasteiger partial charge in [-0.25, -0.2) is 4.39 Å². The average molecular weight is 528 g/mol. The van der Waals surface area contributed by atoms with Crippen LogP contribution in [0.1, 0.15) is 50.3 Å². The van der Waals surface area contributed by atoms with E-state index in [1.54, 1.807) is 19.4 Å². The van der Waals surface area contributed by atoms with Gasteiger partial charge in [0.15, 0.2) is 0 Å². The van der Waals surface area contributed by atoms with E-state index in [0.717, 1.165) is 55.6 Å². The number of alkyl halides is 1. The highest BCUT2D eigenvalue weighted by Gasteiger charge is 2.30. The Hall–Kier alpha value is -2.58. The number of halogens is 1. The number of ether oxygens (including phenoxy) is 1. The topological polar surface area (TPSA) is 67.6 Å². The maximum Gasteiger partial charge on any atom is 0.303 e. The number of likely N-dealkylation sites (tertiary alicyclic amines) is 1. The van der Waals surface area contributed by atoms with Crippen molar-refractivity contribution in [2.24, 2.45) is 18.9 Å². The first-order valence-corrected chi connectivity index (χ1v) is 14.2. The summed E-state index contributed by atoms with van der Waals surface area (Å²) in [6.45, 7) is 2.92. The van der Waals surface area contributed by atoms with Crippen LogP contribution in [0.4, 0.5) is 4.39 Å². The number of benzene rings is 1. The molecule has 2 unspecified atom stereocenters. The Morgan fingerprint density at radius 3 is 2.89 bits per heavy atom. The van der Waals surface area contributed by atoms with Gasteiger partial charge in [-0.1, -0.05) is 0 Å². The van der Waals surface area contributed by atoms with Crippen molar-refractivity contribution >= 4 is 28.6 Å². The number of fused-ring (bicyclic) bond motifs is 1. The molecule has 1 aliphatic heterocycles. The molecule has 6 nitrogen and oxygen atoms in total. The second kappa shape index (κ2) is 13.3. The van der Waals surface area contributed by atoms with Gasteiger partial charge in [-0.05, 0) is 99.0 Å². The number of pyridine rings is 1. The number of nitrogens with zero attached hydrogens (tertiary/aromatic N) is 3. The van der Waals surface area contributed by atoms with E-state index in [2.05, 4.69) is 39.8 Å². The van der Waals surface area contributed by atoms with Crippen LogP contribution in [0.2, 0.25) is 0 Å². The van der Waals surface area contributed by atoms with Crippen LogP contribution in [0.3, 0.4) is 0 Å². The van der Waals surface area contributed by atoms with Crippen molar-refractivity contribution in [1.82, 2.24) is 14.5 Å². The number of aryl methyl sites for hydroxylation is 1. The van der Waals surface area contributed by atoms with Crippen LogP contribution in [0.25, 0.3) is 10.9 Å². The van der Waals surface area contributed by atoms with Crippen LogP contribution in [0.5, 0.6) is 5.75 Å². The summed E-state index contributed by atoms with van der Waals surface area (Å²) in [7, 11) is 3.67. The molecule has 0 bridgehead atoms. The summed E-state index contributed by atoms with van der Waals surface area (Å²) >= 11 is 1.87. The number of piperidine rings is 1. The first-order chi connectivity index (χ1) is 17.9. The Kier molecular flexibility index (Phi) is 9.86. The van der Waals surface area contributed by atoms with Crippen LogP contribution < -0.4 is 4.74 Å². The maximum absolute atomic E-state index is 15.5. The molecule has 0 spiro atoms. The van der Waals surface area contributed by atoms with Gasteiger partial charge in [0.25, 0.3) is 0 Å². The zero-order valence-corrected chi connectivity index (χ0v) is 22.6. The summed E-state index contributed by atoms with van der Waals surface area (Å²) in [6.07, 6.45) is 6.74. The lowest BCUT2D eigenvalue weighted by atomic mass is 9.79. The van der Waals surface area contributed by atoms with E-state index in [9.17, 15) is 9.90 Å². The number of aliphatic carboxylic acids is 1. The molecule has 1 N–H and O–H groups in total. The standard InChI is InChI=1S/C29H38FN3O3S/c1-32-15-3-5-28(32)37-18-4-16-33-17-13-21(22(20-33)7-11-29(34)35)6-9-26(30)24-12-14-31-27-10-8-23(36-2)19-25(24)27/h3,5,8,10,12,14-15,19,21-22,26H,4,6-7,9,11,13,16-18,20H2,1-2H3,(H,34,35)/t21?,22?,26-/m0/s1. The number of aromatic nitrogens is 2. The minimum Gasteiger partial charge on any atom is -0.497 e. The molecule has 37 heavy (non-hydrogen) atoms. The van der Waals surface area contributed by atoms with Crippen molar-refractivity contribution in [3.63, 3.8) is 0 Å². The summed E-state index contributed by atoms with van der Waals surface area (Å²) in [4.78, 5) is 18.2. The molecule has 200 valence electrons. The molecule has 3 aromatic rings. The highest BCUT2D eigenvalue weighted by molar-refractivity contribution is 7.99. The Balaban J connectivity index is 1.32. The smallest absolute Gasteiger partial charge is 0.303 e. The van der Waals surface area contributed by atoms with Crippen molar-refractivity contribution < 1.29 is 19.0 Å². The first kappa shape index (κ1) is 27.5. The van der Waals surface area contributed by atoms with Gasteiger partial charge in [-0.15, -0.1) is 11.8 Å². The first-order valence-electron chi connectivity index (χ1n) is 13.2. The van der Waals surface area contributed by atoms with Crippen molar-refractivity contribution in [3.8, 4) is 5.75 Å². The molecule has 0 radical (unpaired) electrons. The van der Waals surface area contributed by atoms with Gasteiger partial charge in [0.2, 0.25) is 0 Å². The molecule has 2 aromatic heterocycles. The monoisotopic (exact) mass is 527 g/mol. The molecule has 1 aromatic carbocycles. The van der Waals surface area contributed by atoms with Crippen LogP contribution in [-0.4, -0.2) is 58.0 Å². The number of carboxylic acids is 1. The number of carbonyl (C=O) groups is 1. The van der Waals surface area contributed by atoms with Crippen LogP contribution in [0.15, 0.2) is 53.8 Å². The van der Waals surface area contributed by atoms with E-state index in [1.165, 1.54) is 5.03 Å². The number of carboxylic acid groups (broad SMARTS) is 1. The Morgan fingerprint density at radius 2 is 2.14 bits per heavy atom. The van der Waals surface area contributed by atoms with E-state index >= 15 is 4.39 Å². The molecule has 1 aliphatic rings. The minimum absolute atomic E-state index is 0.173. The van der Waals surface area contributed by atoms with Gasteiger partial charge < -0.3 is 19.3 Å². The molecule has 0 amide bonds. The van der Waals surface area contributed by atoms with E-state index in [-0.39, 0.29) is 12.3 Å². The Bertz CT molecular complexity index is 1170. The van der Waals surface area contributed by atoms with Gasteiger partial charge in [0.05, 0.1) is 17.7 Å². The molecule has 1 fully saturated rings. The van der Waals surface area contributed by atoms with Gasteiger partial charge in [0.1, 0.15) is 11.9 Å². The van der Waals surface area contributed by atoms with Crippen LogP contribution >= 0.6 is 11.8 Å². The maximum atomic E-state index is 15.5. The second-order valence-electron chi connectivity index (χ2n) is 10.0. The number of thioether (sulfide) groups is 1. The van der Waals surface area contributed by atoms with Crippen molar-refractivity contribution in [3.05, 3.63) is 54.4 Å². The fourth-order valence-corrected chi connectivity index (χ4v) is 6.42. The number of rotatable bonds is 13. The van der Waals surface area contributed by atoms with Gasteiger partial charge in [-0.2, -0.15) is 0 Å². The third-order valence-corrected chi connectivity index (χ3v) is 8.79. The van der Waals surface area contributed by atoms with Crippen molar-refractivity contribution in [1.29, 1.82) is 0 Å². The van der Waals surface area contributed by atoms with Crippen LogP contribution in [0, 0.1) is 11.8 Å². The van der Waals surface area contributed by atoms with Crippen molar-refractivity contribution in [2.75, 3.05) is 32.5 Å². The summed E-state index contributed by atoms with van der Waals surface area (Å²) in [6, 6.07) is 11.5. The average Bonchev–Trinajstić information content (AvgIpc) is 3.32. The van der Waals surface area contributed by atoms with E-state index in [4.69, 9.17) is 4.74 Å². The molecule has 3 heterocycles. The zero-order chi connectivity index (χ0) is 26.2. The fraction of sp³-hybridized carbons (Fsp3) is 0.517. The third-order valence-electron chi connectivity index (χ3n) is 7.58. The van der Waals surface area contributed by atoms with Gasteiger partial charge in [0, 0.05) is 43.5 Å².